The largest absolute Gasteiger partial charge is 0.382 e. The van der Waals surface area contributed by atoms with Crippen LogP contribution in [0.25, 0.3) is 0 Å². The molecule has 1 heterocycles. The topological polar surface area (TPSA) is 35.8 Å². The third-order valence-corrected chi connectivity index (χ3v) is 4.92. The van der Waals surface area contributed by atoms with Crippen LogP contribution in [0.1, 0.15) is 18.4 Å². The molecule has 2 nitrogen and oxygen atoms in total. The first-order valence-corrected chi connectivity index (χ1v) is 7.30. The van der Waals surface area contributed by atoms with E-state index in [1.165, 1.54) is 18.6 Å². The second-order valence-corrected chi connectivity index (χ2v) is 6.12. The van der Waals surface area contributed by atoms with E-state index in [9.17, 15) is 4.39 Å². The Labute approximate surface area is 113 Å². The minimum absolute atomic E-state index is 0.240. The molecule has 1 saturated heterocycles. The zero-order chi connectivity index (χ0) is 12.3. The maximum Gasteiger partial charge on any atom is 0.161 e. The standard InChI is InChI=1S/C12H12BrFN2S/c13-11-8(6-15)3-4-10(12(11)14)16-7-9-2-1-5-17-9/h3-4,9,16H,1-2,5,7H2. The van der Waals surface area contributed by atoms with E-state index in [0.717, 1.165) is 6.54 Å². The van der Waals surface area contributed by atoms with Crippen LogP contribution in [0.3, 0.4) is 0 Å². The van der Waals surface area contributed by atoms with Crippen LogP contribution < -0.4 is 5.32 Å². The summed E-state index contributed by atoms with van der Waals surface area (Å²) in [5.74, 6) is 0.818. The summed E-state index contributed by atoms with van der Waals surface area (Å²) in [6.45, 7) is 0.778. The molecule has 1 fully saturated rings. The minimum atomic E-state index is -0.382. The molecule has 0 aliphatic carbocycles. The first kappa shape index (κ1) is 12.7. The van der Waals surface area contributed by atoms with E-state index in [0.29, 0.717) is 16.5 Å². The van der Waals surface area contributed by atoms with Crippen molar-refractivity contribution >= 4 is 33.4 Å². The lowest BCUT2D eigenvalue weighted by Gasteiger charge is -2.12. The third-order valence-electron chi connectivity index (χ3n) is 2.75. The summed E-state index contributed by atoms with van der Waals surface area (Å²) in [6, 6.07) is 5.19. The van der Waals surface area contributed by atoms with Gasteiger partial charge < -0.3 is 5.32 Å². The maximum atomic E-state index is 13.9. The number of thioether (sulfide) groups is 1. The third kappa shape index (κ3) is 2.93. The Morgan fingerprint density at radius 1 is 1.59 bits per heavy atom. The molecule has 1 unspecified atom stereocenters. The Bertz CT molecular complexity index is 453. The number of hydrogen-bond acceptors (Lipinski definition) is 3. The lowest BCUT2D eigenvalue weighted by molar-refractivity contribution is 0.622. The van der Waals surface area contributed by atoms with Crippen LogP contribution in [-0.4, -0.2) is 17.5 Å². The average molecular weight is 315 g/mol. The molecule has 1 atom stereocenters. The van der Waals surface area contributed by atoms with Crippen molar-refractivity contribution < 1.29 is 4.39 Å². The molecule has 0 amide bonds. The number of anilines is 1. The molecule has 0 bridgehead atoms. The van der Waals surface area contributed by atoms with E-state index in [1.54, 1.807) is 12.1 Å². The quantitative estimate of drug-likeness (QED) is 0.922. The molecule has 2 rings (SSSR count). The van der Waals surface area contributed by atoms with Gasteiger partial charge in [0, 0.05) is 11.8 Å². The first-order valence-electron chi connectivity index (χ1n) is 5.46. The van der Waals surface area contributed by atoms with Gasteiger partial charge in [-0.2, -0.15) is 17.0 Å². The zero-order valence-corrected chi connectivity index (χ0v) is 11.6. The van der Waals surface area contributed by atoms with Gasteiger partial charge in [0.2, 0.25) is 0 Å². The molecule has 1 aliphatic heterocycles. The smallest absolute Gasteiger partial charge is 0.161 e. The summed E-state index contributed by atoms with van der Waals surface area (Å²) in [7, 11) is 0. The number of benzene rings is 1. The predicted octanol–water partition coefficient (Wildman–Crippen LogP) is 3.77. The Balaban J connectivity index is 2.06. The molecule has 90 valence electrons. The van der Waals surface area contributed by atoms with E-state index in [2.05, 4.69) is 21.2 Å². The van der Waals surface area contributed by atoms with Crippen LogP contribution >= 0.6 is 27.7 Å². The summed E-state index contributed by atoms with van der Waals surface area (Å²) in [5, 5.41) is 12.5. The number of rotatable bonds is 3. The Morgan fingerprint density at radius 2 is 2.41 bits per heavy atom. The highest BCUT2D eigenvalue weighted by Crippen LogP contribution is 2.29. The van der Waals surface area contributed by atoms with Crippen LogP contribution in [0.4, 0.5) is 10.1 Å². The van der Waals surface area contributed by atoms with Crippen LogP contribution in [0.15, 0.2) is 16.6 Å². The average Bonchev–Trinajstić information content (AvgIpc) is 2.84. The molecule has 1 N–H and O–H groups in total. The predicted molar refractivity (Wildman–Crippen MR) is 72.8 cm³/mol. The van der Waals surface area contributed by atoms with Gasteiger partial charge >= 0.3 is 0 Å². The van der Waals surface area contributed by atoms with E-state index >= 15 is 0 Å². The second kappa shape index (κ2) is 5.74. The summed E-state index contributed by atoms with van der Waals surface area (Å²) >= 11 is 5.03. The minimum Gasteiger partial charge on any atom is -0.382 e. The number of nitriles is 1. The van der Waals surface area contributed by atoms with Gasteiger partial charge in [-0.05, 0) is 46.7 Å². The zero-order valence-electron chi connectivity index (χ0n) is 9.17. The van der Waals surface area contributed by atoms with Gasteiger partial charge in [0.15, 0.2) is 5.82 Å². The van der Waals surface area contributed by atoms with Crippen LogP contribution in [0, 0.1) is 17.1 Å². The molecular weight excluding hydrogens is 303 g/mol. The SMILES string of the molecule is N#Cc1ccc(NCC2CCCS2)c(F)c1Br. The van der Waals surface area contributed by atoms with Crippen LogP contribution in [0.2, 0.25) is 0 Å². The lowest BCUT2D eigenvalue weighted by Crippen LogP contribution is -2.14. The van der Waals surface area contributed by atoms with Crippen LogP contribution in [-0.2, 0) is 0 Å². The van der Waals surface area contributed by atoms with Crippen molar-refractivity contribution in [1.82, 2.24) is 0 Å². The van der Waals surface area contributed by atoms with Gasteiger partial charge in [0.1, 0.15) is 6.07 Å². The monoisotopic (exact) mass is 314 g/mol. The van der Waals surface area contributed by atoms with E-state index < -0.39 is 0 Å². The summed E-state index contributed by atoms with van der Waals surface area (Å²) in [4.78, 5) is 0. The van der Waals surface area contributed by atoms with Crippen molar-refractivity contribution in [2.24, 2.45) is 0 Å². The molecule has 0 aromatic heterocycles. The molecule has 1 aliphatic rings. The van der Waals surface area contributed by atoms with Crippen molar-refractivity contribution in [2.75, 3.05) is 17.6 Å². The summed E-state index contributed by atoms with van der Waals surface area (Å²) in [5.41, 5.74) is 0.784. The van der Waals surface area contributed by atoms with Gasteiger partial charge in [-0.25, -0.2) is 4.39 Å². The van der Waals surface area contributed by atoms with Crippen molar-refractivity contribution in [3.05, 3.63) is 28.0 Å². The van der Waals surface area contributed by atoms with Gasteiger partial charge in [0.25, 0.3) is 0 Å². The first-order chi connectivity index (χ1) is 8.22. The lowest BCUT2D eigenvalue weighted by atomic mass is 10.2. The number of nitrogens with one attached hydrogen (secondary N) is 1. The molecule has 5 heteroatoms. The summed E-state index contributed by atoms with van der Waals surface area (Å²) in [6.07, 6.45) is 2.44. The van der Waals surface area contributed by atoms with Gasteiger partial charge in [-0.1, -0.05) is 0 Å². The molecule has 0 spiro atoms. The number of nitrogens with zero attached hydrogens (tertiary/aromatic N) is 1. The molecule has 17 heavy (non-hydrogen) atoms. The highest BCUT2D eigenvalue weighted by Gasteiger charge is 2.16. The fraction of sp³-hybridized carbons (Fsp3) is 0.417. The summed E-state index contributed by atoms with van der Waals surface area (Å²) < 4.78 is 14.1. The van der Waals surface area contributed by atoms with Gasteiger partial charge in [-0.3, -0.25) is 0 Å². The Hall–Kier alpha value is -0.730. The highest BCUT2D eigenvalue weighted by molar-refractivity contribution is 9.10. The van der Waals surface area contributed by atoms with Crippen molar-refractivity contribution in [3.63, 3.8) is 0 Å². The highest BCUT2D eigenvalue weighted by atomic mass is 79.9. The van der Waals surface area contributed by atoms with Crippen molar-refractivity contribution in [3.8, 4) is 6.07 Å². The molecule has 1 aromatic carbocycles. The maximum absolute atomic E-state index is 13.9. The van der Waals surface area contributed by atoms with E-state index in [1.807, 2.05) is 17.8 Å². The van der Waals surface area contributed by atoms with Crippen LogP contribution in [0.5, 0.6) is 0 Å². The molecule has 0 radical (unpaired) electrons. The van der Waals surface area contributed by atoms with Gasteiger partial charge in [-0.15, -0.1) is 0 Å². The Kier molecular flexibility index (Phi) is 4.30. The van der Waals surface area contributed by atoms with E-state index in [4.69, 9.17) is 5.26 Å². The Morgan fingerprint density at radius 3 is 3.06 bits per heavy atom. The van der Waals surface area contributed by atoms with E-state index in [-0.39, 0.29) is 10.3 Å². The van der Waals surface area contributed by atoms with Crippen molar-refractivity contribution in [2.45, 2.75) is 18.1 Å². The van der Waals surface area contributed by atoms with Crippen molar-refractivity contribution in [1.29, 1.82) is 5.26 Å². The fourth-order valence-electron chi connectivity index (χ4n) is 1.80. The van der Waals surface area contributed by atoms with Gasteiger partial charge in [0.05, 0.1) is 15.7 Å². The fourth-order valence-corrected chi connectivity index (χ4v) is 3.44. The molecular formula is C12H12BrFN2S. The molecule has 0 saturated carbocycles. The number of halogens is 2. The molecule has 1 aromatic rings. The second-order valence-electron chi connectivity index (χ2n) is 3.92. The normalized spacial score (nSPS) is 19.0. The number of hydrogen-bond donors (Lipinski definition) is 1.